The first-order valence-corrected chi connectivity index (χ1v) is 8.90. The van der Waals surface area contributed by atoms with Crippen LogP contribution in [-0.2, 0) is 4.79 Å². The number of nitrogens with two attached hydrogens (primary N) is 1. The first kappa shape index (κ1) is 18.4. The van der Waals surface area contributed by atoms with Gasteiger partial charge in [-0.25, -0.2) is 10.3 Å². The summed E-state index contributed by atoms with van der Waals surface area (Å²) in [4.78, 5) is 28.2. The van der Waals surface area contributed by atoms with E-state index >= 15 is 0 Å². The summed E-state index contributed by atoms with van der Waals surface area (Å²) in [7, 11) is 1.55. The van der Waals surface area contributed by atoms with Gasteiger partial charge in [0.2, 0.25) is 5.91 Å². The second kappa shape index (κ2) is 8.33. The molecule has 0 saturated heterocycles. The lowest BCUT2D eigenvalue weighted by molar-refractivity contribution is -0.115. The lowest BCUT2D eigenvalue weighted by atomic mass is 10.1. The van der Waals surface area contributed by atoms with Gasteiger partial charge in [0.25, 0.3) is 5.91 Å². The Labute approximate surface area is 160 Å². The van der Waals surface area contributed by atoms with Crippen molar-refractivity contribution in [1.29, 1.82) is 0 Å². The highest BCUT2D eigenvalue weighted by Gasteiger charge is 2.11. The second-order valence-corrected chi connectivity index (χ2v) is 6.44. The Hall–Kier alpha value is -3.39. The quantitative estimate of drug-likeness (QED) is 0.682. The third kappa shape index (κ3) is 4.83. The number of nitrogen functional groups attached to an aromatic ring is 1. The second-order valence-electron chi connectivity index (χ2n) is 5.55. The number of benzene rings is 2. The molecule has 0 aliphatic carbocycles. The molecule has 0 bridgehead atoms. The highest BCUT2D eigenvalue weighted by atomic mass is 32.1. The molecular formula is C19H17N4O3S. The molecule has 8 heteroatoms. The summed E-state index contributed by atoms with van der Waals surface area (Å²) in [5.41, 5.74) is 8.33. The fourth-order valence-electron chi connectivity index (χ4n) is 2.31. The minimum Gasteiger partial charge on any atom is -0.497 e. The minimum atomic E-state index is -0.454. The molecule has 1 radical (unpaired) electrons. The zero-order valence-corrected chi connectivity index (χ0v) is 15.3. The SMILES string of the molecule is COc1ccc(C(=O)[N]CC(=O)Nc2ccc(-c3csc(N)n3)cc2)cc1. The molecule has 3 rings (SSSR count). The van der Waals surface area contributed by atoms with Gasteiger partial charge in [0.1, 0.15) is 12.3 Å². The fourth-order valence-corrected chi connectivity index (χ4v) is 2.89. The highest BCUT2D eigenvalue weighted by molar-refractivity contribution is 7.13. The molecule has 2 aromatic carbocycles. The van der Waals surface area contributed by atoms with Gasteiger partial charge in [0.15, 0.2) is 5.13 Å². The summed E-state index contributed by atoms with van der Waals surface area (Å²) >= 11 is 1.37. The van der Waals surface area contributed by atoms with Crippen LogP contribution in [0, 0.1) is 0 Å². The molecule has 0 spiro atoms. The normalized spacial score (nSPS) is 10.3. The van der Waals surface area contributed by atoms with Gasteiger partial charge in [-0.15, -0.1) is 11.3 Å². The van der Waals surface area contributed by atoms with Crippen LogP contribution < -0.4 is 21.1 Å². The number of amides is 2. The van der Waals surface area contributed by atoms with Crippen LogP contribution in [0.3, 0.4) is 0 Å². The molecule has 27 heavy (non-hydrogen) atoms. The van der Waals surface area contributed by atoms with Crippen LogP contribution in [0.15, 0.2) is 53.9 Å². The van der Waals surface area contributed by atoms with Gasteiger partial charge in [0.05, 0.1) is 12.8 Å². The Bertz CT molecular complexity index is 936. The van der Waals surface area contributed by atoms with Gasteiger partial charge >= 0.3 is 0 Å². The lowest BCUT2D eigenvalue weighted by Crippen LogP contribution is -2.27. The first-order valence-electron chi connectivity index (χ1n) is 8.02. The molecule has 0 saturated carbocycles. The predicted molar refractivity (Wildman–Crippen MR) is 105 cm³/mol. The summed E-state index contributed by atoms with van der Waals surface area (Å²) in [6.45, 7) is -0.255. The van der Waals surface area contributed by atoms with Crippen molar-refractivity contribution in [2.75, 3.05) is 24.7 Å². The van der Waals surface area contributed by atoms with E-state index in [1.807, 2.05) is 17.5 Å². The number of hydrogen-bond acceptors (Lipinski definition) is 6. The maximum absolute atomic E-state index is 12.0. The summed E-state index contributed by atoms with van der Waals surface area (Å²) in [5, 5.41) is 8.88. The van der Waals surface area contributed by atoms with Crippen LogP contribution in [-0.4, -0.2) is 30.5 Å². The van der Waals surface area contributed by atoms with E-state index in [0.717, 1.165) is 11.3 Å². The van der Waals surface area contributed by atoms with Crippen LogP contribution in [0.4, 0.5) is 10.8 Å². The van der Waals surface area contributed by atoms with Crippen LogP contribution in [0.2, 0.25) is 0 Å². The number of nitrogens with zero attached hydrogens (tertiary/aromatic N) is 2. The van der Waals surface area contributed by atoms with E-state index in [4.69, 9.17) is 10.5 Å². The molecule has 1 heterocycles. The zero-order valence-electron chi connectivity index (χ0n) is 14.5. The van der Waals surface area contributed by atoms with Gasteiger partial charge < -0.3 is 15.8 Å². The van der Waals surface area contributed by atoms with E-state index in [2.05, 4.69) is 15.6 Å². The standard InChI is InChI=1S/C19H17N4O3S/c1-26-15-8-4-13(5-9-15)18(25)21-10-17(24)22-14-6-2-12(3-7-14)16-11-27-19(20)23-16/h2-9,11H,10H2,1H3,(H2,20,23)(H,22,24). The largest absolute Gasteiger partial charge is 0.497 e. The first-order chi connectivity index (χ1) is 13.0. The van der Waals surface area contributed by atoms with Crippen LogP contribution >= 0.6 is 11.3 Å². The van der Waals surface area contributed by atoms with E-state index in [9.17, 15) is 9.59 Å². The summed E-state index contributed by atoms with van der Waals surface area (Å²) in [6, 6.07) is 13.7. The van der Waals surface area contributed by atoms with Crippen molar-refractivity contribution in [3.63, 3.8) is 0 Å². The van der Waals surface area contributed by atoms with Gasteiger partial charge in [-0.05, 0) is 36.4 Å². The molecule has 0 fully saturated rings. The van der Waals surface area contributed by atoms with Crippen molar-refractivity contribution in [1.82, 2.24) is 10.3 Å². The summed E-state index contributed by atoms with van der Waals surface area (Å²) in [6.07, 6.45) is 0. The van der Waals surface area contributed by atoms with Gasteiger partial charge in [-0.3, -0.25) is 9.59 Å². The van der Waals surface area contributed by atoms with Gasteiger partial charge in [0, 0.05) is 22.2 Å². The van der Waals surface area contributed by atoms with Crippen molar-refractivity contribution in [3.8, 4) is 17.0 Å². The Morgan fingerprint density at radius 3 is 2.44 bits per heavy atom. The Morgan fingerprint density at radius 1 is 1.15 bits per heavy atom. The third-order valence-corrected chi connectivity index (χ3v) is 4.36. The number of carbonyl (C=O) groups is 2. The van der Waals surface area contributed by atoms with Crippen molar-refractivity contribution >= 4 is 34.0 Å². The number of hydrogen-bond donors (Lipinski definition) is 2. The van der Waals surface area contributed by atoms with Gasteiger partial charge in [-0.1, -0.05) is 12.1 Å². The number of carbonyl (C=O) groups excluding carboxylic acids is 2. The molecule has 1 aromatic heterocycles. The number of ether oxygens (including phenoxy) is 1. The fraction of sp³-hybridized carbons (Fsp3) is 0.105. The van der Waals surface area contributed by atoms with E-state index < -0.39 is 5.91 Å². The Kier molecular flexibility index (Phi) is 5.68. The van der Waals surface area contributed by atoms with Crippen LogP contribution in [0.5, 0.6) is 5.75 Å². The minimum absolute atomic E-state index is 0.255. The molecule has 3 N–H and O–H groups in total. The van der Waals surface area contributed by atoms with E-state index in [1.54, 1.807) is 43.5 Å². The number of anilines is 2. The van der Waals surface area contributed by atoms with Crippen LogP contribution in [0.1, 0.15) is 10.4 Å². The summed E-state index contributed by atoms with van der Waals surface area (Å²) < 4.78 is 5.04. The predicted octanol–water partition coefficient (Wildman–Crippen LogP) is 2.78. The molecule has 3 aromatic rings. The van der Waals surface area contributed by atoms with Crippen molar-refractivity contribution in [3.05, 3.63) is 59.5 Å². The molecule has 0 aliphatic rings. The van der Waals surface area contributed by atoms with Gasteiger partial charge in [-0.2, -0.15) is 0 Å². The number of thiazole rings is 1. The maximum Gasteiger partial charge on any atom is 0.272 e. The molecule has 7 nitrogen and oxygen atoms in total. The third-order valence-electron chi connectivity index (χ3n) is 3.69. The van der Waals surface area contributed by atoms with E-state index in [0.29, 0.717) is 22.1 Å². The smallest absolute Gasteiger partial charge is 0.272 e. The van der Waals surface area contributed by atoms with Crippen molar-refractivity contribution in [2.45, 2.75) is 0 Å². The number of nitrogens with one attached hydrogen (secondary N) is 1. The number of rotatable bonds is 6. The number of methoxy groups -OCH3 is 1. The summed E-state index contributed by atoms with van der Waals surface area (Å²) in [5.74, 6) is -0.181. The van der Waals surface area contributed by atoms with E-state index in [1.165, 1.54) is 11.3 Å². The van der Waals surface area contributed by atoms with E-state index in [-0.39, 0.29) is 12.5 Å². The zero-order chi connectivity index (χ0) is 19.2. The Balaban J connectivity index is 1.52. The number of aromatic nitrogens is 1. The molecule has 2 amide bonds. The molecule has 0 atom stereocenters. The topological polar surface area (TPSA) is 108 Å². The van der Waals surface area contributed by atoms with Crippen molar-refractivity contribution < 1.29 is 14.3 Å². The lowest BCUT2D eigenvalue weighted by Gasteiger charge is -2.06. The molecule has 0 aliphatic heterocycles. The average Bonchev–Trinajstić information content (AvgIpc) is 3.13. The van der Waals surface area contributed by atoms with Crippen molar-refractivity contribution in [2.24, 2.45) is 0 Å². The Morgan fingerprint density at radius 2 is 1.85 bits per heavy atom. The average molecular weight is 381 g/mol. The monoisotopic (exact) mass is 381 g/mol. The van der Waals surface area contributed by atoms with Crippen LogP contribution in [0.25, 0.3) is 11.3 Å². The highest BCUT2D eigenvalue weighted by Crippen LogP contribution is 2.24. The molecule has 137 valence electrons. The maximum atomic E-state index is 12.0. The molecular weight excluding hydrogens is 364 g/mol. The molecule has 0 unspecified atom stereocenters.